The average Bonchev–Trinajstić information content (AvgIpc) is 3.43. The second-order valence-electron chi connectivity index (χ2n) is 8.02. The van der Waals surface area contributed by atoms with E-state index in [-0.39, 0.29) is 11.5 Å². The molecule has 1 saturated heterocycles. The normalized spacial score (nSPS) is 21.0. The van der Waals surface area contributed by atoms with Gasteiger partial charge in [-0.1, -0.05) is 30.3 Å². The molecule has 1 aliphatic rings. The smallest absolute Gasteiger partial charge is 0.152 e. The van der Waals surface area contributed by atoms with Crippen molar-refractivity contribution in [2.24, 2.45) is 0 Å². The van der Waals surface area contributed by atoms with Crippen molar-refractivity contribution in [2.45, 2.75) is 18.9 Å². The molecule has 2 aromatic carbocycles. The van der Waals surface area contributed by atoms with E-state index in [9.17, 15) is 8.42 Å². The third-order valence-corrected chi connectivity index (χ3v) is 7.55. The van der Waals surface area contributed by atoms with Gasteiger partial charge < -0.3 is 0 Å². The molecule has 1 fully saturated rings. The highest BCUT2D eigenvalue weighted by molar-refractivity contribution is 7.91. The number of benzene rings is 2. The maximum Gasteiger partial charge on any atom is 0.152 e. The average molecular weight is 419 g/mol. The van der Waals surface area contributed by atoms with Crippen LogP contribution in [0.4, 0.5) is 0 Å². The van der Waals surface area contributed by atoms with Crippen LogP contribution in [0.15, 0.2) is 67.0 Å². The van der Waals surface area contributed by atoms with Gasteiger partial charge in [-0.15, -0.1) is 0 Å². The van der Waals surface area contributed by atoms with Gasteiger partial charge in [-0.25, -0.2) is 13.4 Å². The van der Waals surface area contributed by atoms with E-state index in [2.05, 4.69) is 27.9 Å². The highest BCUT2D eigenvalue weighted by Gasteiger charge is 2.40. The molecular weight excluding hydrogens is 396 g/mol. The number of hydrogen-bond acceptors (Lipinski definition) is 4. The Morgan fingerprint density at radius 2 is 1.80 bits per heavy atom. The van der Waals surface area contributed by atoms with Gasteiger partial charge in [-0.3, -0.25) is 9.25 Å². The van der Waals surface area contributed by atoms with Crippen LogP contribution in [-0.2, 0) is 15.4 Å². The Kier molecular flexibility index (Phi) is 4.36. The first-order chi connectivity index (χ1) is 14.4. The third-order valence-electron chi connectivity index (χ3n) is 5.66. The standard InChI is InChI=1S/C23H22N4O2S/c1-23(13-14-30(28,29)17-23)26-16-18(15-24-26)11-12-22-25-20-9-5-6-10-21(20)27(22)19-7-3-2-4-8-19/h2-12,15-16H,13-14,17H2,1H3. The van der Waals surface area contributed by atoms with Crippen LogP contribution in [0.1, 0.15) is 24.7 Å². The number of nitrogens with zero attached hydrogens (tertiary/aromatic N) is 4. The van der Waals surface area contributed by atoms with Crippen molar-refractivity contribution in [2.75, 3.05) is 11.5 Å². The van der Waals surface area contributed by atoms with Gasteiger partial charge in [0.1, 0.15) is 5.82 Å². The van der Waals surface area contributed by atoms with Gasteiger partial charge >= 0.3 is 0 Å². The molecule has 0 amide bonds. The van der Waals surface area contributed by atoms with Crippen molar-refractivity contribution < 1.29 is 8.42 Å². The van der Waals surface area contributed by atoms with E-state index < -0.39 is 15.4 Å². The highest BCUT2D eigenvalue weighted by Crippen LogP contribution is 2.30. The minimum Gasteiger partial charge on any atom is -0.293 e. The van der Waals surface area contributed by atoms with Gasteiger partial charge in [0, 0.05) is 17.4 Å². The van der Waals surface area contributed by atoms with Crippen molar-refractivity contribution in [3.8, 4) is 5.69 Å². The minimum atomic E-state index is -2.99. The lowest BCUT2D eigenvalue weighted by atomic mass is 10.0. The molecule has 4 aromatic rings. The summed E-state index contributed by atoms with van der Waals surface area (Å²) in [5.74, 6) is 1.18. The van der Waals surface area contributed by atoms with Crippen molar-refractivity contribution in [3.63, 3.8) is 0 Å². The number of hydrogen-bond donors (Lipinski definition) is 0. The molecule has 30 heavy (non-hydrogen) atoms. The lowest BCUT2D eigenvalue weighted by molar-refractivity contribution is 0.328. The zero-order chi connectivity index (χ0) is 20.8. The van der Waals surface area contributed by atoms with E-state index in [1.54, 1.807) is 10.9 Å². The fourth-order valence-electron chi connectivity index (χ4n) is 4.07. The molecule has 0 spiro atoms. The first kappa shape index (κ1) is 18.8. The van der Waals surface area contributed by atoms with Crippen LogP contribution in [0.2, 0.25) is 0 Å². The number of rotatable bonds is 4. The highest BCUT2D eigenvalue weighted by atomic mass is 32.2. The quantitative estimate of drug-likeness (QED) is 0.504. The fourth-order valence-corrected chi connectivity index (χ4v) is 6.19. The monoisotopic (exact) mass is 418 g/mol. The van der Waals surface area contributed by atoms with E-state index in [1.165, 1.54) is 0 Å². The summed E-state index contributed by atoms with van der Waals surface area (Å²) in [7, 11) is -2.99. The lowest BCUT2D eigenvalue weighted by Gasteiger charge is -2.22. The Morgan fingerprint density at radius 3 is 2.57 bits per heavy atom. The van der Waals surface area contributed by atoms with E-state index in [0.29, 0.717) is 6.42 Å². The number of fused-ring (bicyclic) bond motifs is 1. The number of aromatic nitrogens is 4. The molecule has 0 saturated carbocycles. The minimum absolute atomic E-state index is 0.134. The largest absolute Gasteiger partial charge is 0.293 e. The van der Waals surface area contributed by atoms with Crippen LogP contribution in [0.3, 0.4) is 0 Å². The summed E-state index contributed by atoms with van der Waals surface area (Å²) < 4.78 is 27.8. The summed E-state index contributed by atoms with van der Waals surface area (Å²) in [6.45, 7) is 1.95. The molecule has 1 aliphatic heterocycles. The van der Waals surface area contributed by atoms with E-state index >= 15 is 0 Å². The second-order valence-corrected chi connectivity index (χ2v) is 10.2. The lowest BCUT2D eigenvalue weighted by Crippen LogP contribution is -2.31. The summed E-state index contributed by atoms with van der Waals surface area (Å²) in [4.78, 5) is 4.79. The molecule has 2 aromatic heterocycles. The maximum atomic E-state index is 11.9. The number of sulfone groups is 1. The molecule has 6 nitrogen and oxygen atoms in total. The fraction of sp³-hybridized carbons (Fsp3) is 0.217. The molecule has 1 atom stereocenters. The molecule has 152 valence electrons. The summed E-state index contributed by atoms with van der Waals surface area (Å²) in [5, 5.41) is 4.44. The van der Waals surface area contributed by atoms with E-state index in [4.69, 9.17) is 4.98 Å². The predicted molar refractivity (Wildman–Crippen MR) is 119 cm³/mol. The van der Waals surface area contributed by atoms with Crippen LogP contribution in [0, 0.1) is 0 Å². The van der Waals surface area contributed by atoms with Crippen LogP contribution in [0.5, 0.6) is 0 Å². The molecule has 0 bridgehead atoms. The second kappa shape index (κ2) is 6.95. The summed E-state index contributed by atoms with van der Waals surface area (Å²) in [6.07, 6.45) is 8.21. The van der Waals surface area contributed by atoms with Gasteiger partial charge in [-0.2, -0.15) is 5.10 Å². The zero-order valence-electron chi connectivity index (χ0n) is 16.6. The van der Waals surface area contributed by atoms with E-state index in [0.717, 1.165) is 28.1 Å². The van der Waals surface area contributed by atoms with Crippen LogP contribution in [0.25, 0.3) is 28.9 Å². The molecule has 5 rings (SSSR count). The van der Waals surface area contributed by atoms with Gasteiger partial charge in [0.2, 0.25) is 0 Å². The van der Waals surface area contributed by atoms with Crippen LogP contribution in [-0.4, -0.2) is 39.3 Å². The molecule has 0 radical (unpaired) electrons. The zero-order valence-corrected chi connectivity index (χ0v) is 17.5. The van der Waals surface area contributed by atoms with Crippen molar-refractivity contribution in [1.82, 2.24) is 19.3 Å². The summed E-state index contributed by atoms with van der Waals surface area (Å²) in [5.41, 5.74) is 3.45. The Morgan fingerprint density at radius 1 is 1.03 bits per heavy atom. The van der Waals surface area contributed by atoms with Crippen molar-refractivity contribution in [3.05, 3.63) is 78.4 Å². The van der Waals surface area contributed by atoms with Gasteiger partial charge in [0.15, 0.2) is 9.84 Å². The van der Waals surface area contributed by atoms with Crippen molar-refractivity contribution >= 4 is 33.0 Å². The third kappa shape index (κ3) is 3.35. The molecule has 0 N–H and O–H groups in total. The molecular formula is C23H22N4O2S. The topological polar surface area (TPSA) is 69.8 Å². The predicted octanol–water partition coefficient (Wildman–Crippen LogP) is 3.93. The van der Waals surface area contributed by atoms with Crippen LogP contribution >= 0.6 is 0 Å². The van der Waals surface area contributed by atoms with Crippen LogP contribution < -0.4 is 0 Å². The SMILES string of the molecule is CC1(n2cc(C=Cc3nc4ccccc4n3-c3ccccc3)cn2)CCS(=O)(=O)C1. The Hall–Kier alpha value is -3.19. The Balaban J connectivity index is 1.51. The van der Waals surface area contributed by atoms with Gasteiger partial charge in [0.05, 0.1) is 34.3 Å². The number of para-hydroxylation sites is 3. The Bertz CT molecular complexity index is 1350. The maximum absolute atomic E-state index is 11.9. The van der Waals surface area contributed by atoms with Crippen molar-refractivity contribution in [1.29, 1.82) is 0 Å². The first-order valence-corrected chi connectivity index (χ1v) is 11.7. The number of imidazole rings is 1. The van der Waals surface area contributed by atoms with E-state index in [1.807, 2.05) is 61.7 Å². The molecule has 0 aliphatic carbocycles. The Labute approximate surface area is 175 Å². The first-order valence-electron chi connectivity index (χ1n) is 9.90. The summed E-state index contributed by atoms with van der Waals surface area (Å²) in [6, 6.07) is 18.2. The molecule has 7 heteroatoms. The van der Waals surface area contributed by atoms with Gasteiger partial charge in [0.25, 0.3) is 0 Å². The van der Waals surface area contributed by atoms with Gasteiger partial charge in [-0.05, 0) is 49.8 Å². The summed E-state index contributed by atoms with van der Waals surface area (Å²) >= 11 is 0. The molecule has 1 unspecified atom stereocenters. The molecule has 3 heterocycles.